The minimum atomic E-state index is -0.753. The van der Waals surface area contributed by atoms with Crippen LogP contribution in [-0.4, -0.2) is 98.6 Å². The van der Waals surface area contributed by atoms with Gasteiger partial charge in [-0.25, -0.2) is 4.79 Å². The van der Waals surface area contributed by atoms with Crippen LogP contribution in [0.1, 0.15) is 18.9 Å². The molecule has 192 valence electrons. The third-order valence-electron chi connectivity index (χ3n) is 4.50. The summed E-state index contributed by atoms with van der Waals surface area (Å²) in [5, 5.41) is 2.56. The highest BCUT2D eigenvalue weighted by Crippen LogP contribution is 2.00. The number of methoxy groups -OCH3 is 1. The lowest BCUT2D eigenvalue weighted by Gasteiger charge is -2.27. The van der Waals surface area contributed by atoms with Gasteiger partial charge in [-0.15, -0.1) is 0 Å². The lowest BCUT2D eigenvalue weighted by molar-refractivity contribution is -0.150. The van der Waals surface area contributed by atoms with Gasteiger partial charge in [0.2, 0.25) is 12.3 Å². The lowest BCUT2D eigenvalue weighted by Crippen LogP contribution is -2.49. The van der Waals surface area contributed by atoms with Gasteiger partial charge >= 0.3 is 11.7 Å². The highest BCUT2D eigenvalue weighted by atomic mass is 16.5. The van der Waals surface area contributed by atoms with Crippen LogP contribution >= 0.6 is 0 Å². The summed E-state index contributed by atoms with van der Waals surface area (Å²) in [6.07, 6.45) is 2.35. The van der Waals surface area contributed by atoms with Gasteiger partial charge in [-0.1, -0.05) is 6.92 Å². The summed E-state index contributed by atoms with van der Waals surface area (Å²) in [6, 6.07) is -0.631. The number of hydrogen-bond donors (Lipinski definition) is 2. The minimum absolute atomic E-state index is 0.0535. The van der Waals surface area contributed by atoms with Gasteiger partial charge in [0.1, 0.15) is 13.1 Å². The molecule has 1 aromatic rings. The third-order valence-corrected chi connectivity index (χ3v) is 4.50. The third kappa shape index (κ3) is 11.2. The summed E-state index contributed by atoms with van der Waals surface area (Å²) in [5.41, 5.74) is -1.05. The molecule has 0 spiro atoms. The molecule has 0 saturated carbocycles. The van der Waals surface area contributed by atoms with Crippen molar-refractivity contribution in [2.24, 2.45) is 0 Å². The molecular weight excluding hydrogens is 452 g/mol. The Morgan fingerprint density at radius 1 is 1.18 bits per heavy atom. The maximum atomic E-state index is 13.0. The van der Waals surface area contributed by atoms with E-state index in [2.05, 4.69) is 10.3 Å². The number of esters is 1. The van der Waals surface area contributed by atoms with Crippen LogP contribution in [0, 0.1) is 6.92 Å². The number of aromatic amines is 1. The Bertz CT molecular complexity index is 884. The van der Waals surface area contributed by atoms with Crippen molar-refractivity contribution in [1.29, 1.82) is 0 Å². The summed E-state index contributed by atoms with van der Waals surface area (Å²) in [7, 11) is 1.56. The zero-order valence-electron chi connectivity index (χ0n) is 19.9. The van der Waals surface area contributed by atoms with Crippen LogP contribution in [-0.2, 0) is 39.9 Å². The van der Waals surface area contributed by atoms with Gasteiger partial charge in [0.25, 0.3) is 5.56 Å². The molecule has 0 aromatic carbocycles. The van der Waals surface area contributed by atoms with E-state index < -0.39 is 35.7 Å². The predicted molar refractivity (Wildman–Crippen MR) is 120 cm³/mol. The zero-order chi connectivity index (χ0) is 25.3. The lowest BCUT2D eigenvalue weighted by atomic mass is 10.2. The van der Waals surface area contributed by atoms with Crippen molar-refractivity contribution in [2.75, 3.05) is 59.8 Å². The molecule has 2 N–H and O–H groups in total. The number of H-pyrrole nitrogens is 1. The van der Waals surface area contributed by atoms with Crippen LogP contribution < -0.4 is 16.6 Å². The summed E-state index contributed by atoms with van der Waals surface area (Å²) in [5.74, 6) is -1.21. The van der Waals surface area contributed by atoms with Crippen molar-refractivity contribution in [3.63, 3.8) is 0 Å². The largest absolute Gasteiger partial charge is 0.464 e. The first-order chi connectivity index (χ1) is 16.3. The second-order valence-electron chi connectivity index (χ2n) is 7.36. The Balaban J connectivity index is 2.85. The number of ether oxygens (including phenoxy) is 4. The average Bonchev–Trinajstić information content (AvgIpc) is 2.80. The van der Waals surface area contributed by atoms with Crippen molar-refractivity contribution in [1.82, 2.24) is 19.8 Å². The Kier molecular flexibility index (Phi) is 14.1. The first-order valence-electron chi connectivity index (χ1n) is 10.9. The van der Waals surface area contributed by atoms with Gasteiger partial charge < -0.3 is 29.2 Å². The monoisotopic (exact) mass is 486 g/mol. The number of aryl methyl sites for hydroxylation is 1. The molecule has 1 rings (SSSR count). The standard InChI is InChI=1S/C21H34N4O9/c1-4-5-34-19(28)13-24(18(27)12-25-10-16(2)20(29)23-21(25)30)11-17(22-15-26)14-33-9-8-32-7-6-31-3/h10,15,17H,4-9,11-14H2,1-3H3,(H,22,26)(H,23,29,30). The second-order valence-corrected chi connectivity index (χ2v) is 7.36. The smallest absolute Gasteiger partial charge is 0.328 e. The van der Waals surface area contributed by atoms with Crippen LogP contribution in [0.5, 0.6) is 0 Å². The number of nitrogens with zero attached hydrogens (tertiary/aromatic N) is 2. The average molecular weight is 487 g/mol. The van der Waals surface area contributed by atoms with Crippen molar-refractivity contribution >= 4 is 18.3 Å². The first kappa shape index (κ1) is 29.0. The van der Waals surface area contributed by atoms with Gasteiger partial charge in [0, 0.05) is 25.4 Å². The van der Waals surface area contributed by atoms with E-state index in [-0.39, 0.29) is 38.5 Å². The SMILES string of the molecule is CCCOC(=O)CN(CC(COCCOCCOC)NC=O)C(=O)Cn1cc(C)c(=O)[nH]c1=O. The van der Waals surface area contributed by atoms with Crippen molar-refractivity contribution in [3.8, 4) is 0 Å². The fourth-order valence-corrected chi connectivity index (χ4v) is 2.76. The van der Waals surface area contributed by atoms with Gasteiger partial charge in [-0.05, 0) is 13.3 Å². The molecular formula is C21H34N4O9. The van der Waals surface area contributed by atoms with Crippen molar-refractivity contribution in [2.45, 2.75) is 32.9 Å². The molecule has 1 heterocycles. The maximum absolute atomic E-state index is 13.0. The van der Waals surface area contributed by atoms with E-state index in [0.29, 0.717) is 32.7 Å². The fraction of sp³-hybridized carbons (Fsp3) is 0.667. The number of aromatic nitrogens is 2. The molecule has 1 aromatic heterocycles. The molecule has 0 aliphatic rings. The number of hydrogen-bond acceptors (Lipinski definition) is 9. The van der Waals surface area contributed by atoms with Crippen LogP contribution in [0.4, 0.5) is 0 Å². The van der Waals surface area contributed by atoms with E-state index >= 15 is 0 Å². The molecule has 13 nitrogen and oxygen atoms in total. The van der Waals surface area contributed by atoms with E-state index in [9.17, 15) is 24.0 Å². The van der Waals surface area contributed by atoms with Gasteiger partial charge in [0.05, 0.1) is 45.7 Å². The van der Waals surface area contributed by atoms with Gasteiger partial charge in [-0.3, -0.25) is 28.7 Å². The van der Waals surface area contributed by atoms with E-state index in [0.717, 1.165) is 4.57 Å². The van der Waals surface area contributed by atoms with E-state index in [1.807, 2.05) is 6.92 Å². The summed E-state index contributed by atoms with van der Waals surface area (Å²) in [6.45, 7) is 4.16. The quantitative estimate of drug-likeness (QED) is 0.142. The highest BCUT2D eigenvalue weighted by Gasteiger charge is 2.23. The van der Waals surface area contributed by atoms with Gasteiger partial charge in [-0.2, -0.15) is 0 Å². The fourth-order valence-electron chi connectivity index (χ4n) is 2.76. The first-order valence-corrected chi connectivity index (χ1v) is 10.9. The number of carbonyl (C=O) groups is 3. The molecule has 0 fully saturated rings. The molecule has 0 aliphatic carbocycles. The Hall–Kier alpha value is -3.03. The van der Waals surface area contributed by atoms with Crippen LogP contribution in [0.3, 0.4) is 0 Å². The topological polar surface area (TPSA) is 158 Å². The van der Waals surface area contributed by atoms with E-state index in [4.69, 9.17) is 18.9 Å². The Labute approximate surface area is 197 Å². The predicted octanol–water partition coefficient (Wildman–Crippen LogP) is -1.58. The summed E-state index contributed by atoms with van der Waals surface area (Å²) >= 11 is 0. The molecule has 13 heteroatoms. The molecule has 1 unspecified atom stereocenters. The zero-order valence-corrected chi connectivity index (χ0v) is 19.9. The highest BCUT2D eigenvalue weighted by molar-refractivity contribution is 5.82. The van der Waals surface area contributed by atoms with Crippen LogP contribution in [0.2, 0.25) is 0 Å². The molecule has 0 saturated heterocycles. The van der Waals surface area contributed by atoms with Gasteiger partial charge in [0.15, 0.2) is 0 Å². The Morgan fingerprint density at radius 3 is 2.56 bits per heavy atom. The maximum Gasteiger partial charge on any atom is 0.328 e. The summed E-state index contributed by atoms with van der Waals surface area (Å²) < 4.78 is 21.8. The molecule has 0 radical (unpaired) electrons. The van der Waals surface area contributed by atoms with Crippen molar-refractivity contribution < 1.29 is 33.3 Å². The van der Waals surface area contributed by atoms with E-state index in [1.54, 1.807) is 7.11 Å². The molecule has 1 atom stereocenters. The number of rotatable bonds is 18. The van der Waals surface area contributed by atoms with E-state index in [1.165, 1.54) is 18.0 Å². The number of amides is 2. The molecule has 0 aliphatic heterocycles. The molecule has 34 heavy (non-hydrogen) atoms. The molecule has 0 bridgehead atoms. The Morgan fingerprint density at radius 2 is 1.88 bits per heavy atom. The molecule has 2 amide bonds. The number of carbonyl (C=O) groups excluding carboxylic acids is 3. The van der Waals surface area contributed by atoms with Crippen molar-refractivity contribution in [3.05, 3.63) is 32.6 Å². The normalized spacial score (nSPS) is 11.6. The summed E-state index contributed by atoms with van der Waals surface area (Å²) in [4.78, 5) is 63.1. The minimum Gasteiger partial charge on any atom is -0.464 e. The number of nitrogens with one attached hydrogen (secondary N) is 2. The van der Waals surface area contributed by atoms with Crippen LogP contribution in [0.15, 0.2) is 15.8 Å². The second kappa shape index (κ2) is 16.6. The van der Waals surface area contributed by atoms with Crippen LogP contribution in [0.25, 0.3) is 0 Å².